The molecule has 0 aliphatic carbocycles. The van der Waals surface area contributed by atoms with E-state index < -0.39 is 0 Å². The first kappa shape index (κ1) is 17.8. The van der Waals surface area contributed by atoms with Crippen molar-refractivity contribution in [3.63, 3.8) is 0 Å². The molecule has 0 radical (unpaired) electrons. The van der Waals surface area contributed by atoms with E-state index in [2.05, 4.69) is 15.3 Å². The fourth-order valence-corrected chi connectivity index (χ4v) is 4.08. The molecule has 2 atom stereocenters. The molecule has 0 bridgehead atoms. The fraction of sp³-hybridized carbons (Fsp3) is 0.500. The molecule has 2 saturated heterocycles. The Kier molecular flexibility index (Phi) is 5.27. The van der Waals surface area contributed by atoms with Gasteiger partial charge in [-0.15, -0.1) is 0 Å². The molecular weight excluding hydrogens is 345 g/mol. The van der Waals surface area contributed by atoms with Crippen molar-refractivity contribution in [2.24, 2.45) is 5.92 Å². The summed E-state index contributed by atoms with van der Waals surface area (Å²) in [5.74, 6) is 0.211. The van der Waals surface area contributed by atoms with Crippen LogP contribution in [0.3, 0.4) is 0 Å². The van der Waals surface area contributed by atoms with Crippen LogP contribution < -0.4 is 10.2 Å². The Morgan fingerprint density at radius 3 is 2.81 bits per heavy atom. The largest absolute Gasteiger partial charge is 0.371 e. The van der Waals surface area contributed by atoms with Crippen LogP contribution in [0.1, 0.15) is 25.3 Å². The Balaban J connectivity index is 1.25. The SMILES string of the molecule is O=C(NCC1CCN(c2ccc(F)cc2)C1)N1CCCC(n2cccn2)C1. The number of likely N-dealkylation sites (tertiary alicyclic amines) is 1. The molecule has 2 aliphatic heterocycles. The molecule has 1 N–H and O–H groups in total. The van der Waals surface area contributed by atoms with Crippen LogP contribution in [0.25, 0.3) is 0 Å². The first-order valence-corrected chi connectivity index (χ1v) is 9.71. The van der Waals surface area contributed by atoms with E-state index >= 15 is 0 Å². The van der Waals surface area contributed by atoms with Gasteiger partial charge in [-0.3, -0.25) is 4.68 Å². The normalized spacial score (nSPS) is 22.9. The van der Waals surface area contributed by atoms with E-state index in [0.717, 1.165) is 44.6 Å². The van der Waals surface area contributed by atoms with Gasteiger partial charge in [-0.2, -0.15) is 5.10 Å². The van der Waals surface area contributed by atoms with Crippen LogP contribution in [0.2, 0.25) is 0 Å². The molecule has 2 aromatic rings. The van der Waals surface area contributed by atoms with Crippen molar-refractivity contribution in [3.8, 4) is 0 Å². The summed E-state index contributed by atoms with van der Waals surface area (Å²) in [5.41, 5.74) is 1.04. The molecule has 0 saturated carbocycles. The van der Waals surface area contributed by atoms with Crippen molar-refractivity contribution >= 4 is 11.7 Å². The lowest BCUT2D eigenvalue weighted by molar-refractivity contribution is 0.162. The number of hydrogen-bond acceptors (Lipinski definition) is 3. The second-order valence-electron chi connectivity index (χ2n) is 7.49. The van der Waals surface area contributed by atoms with Crippen molar-refractivity contribution in [1.82, 2.24) is 20.0 Å². The molecule has 1 aromatic carbocycles. The molecule has 2 fully saturated rings. The van der Waals surface area contributed by atoms with Crippen molar-refractivity contribution in [1.29, 1.82) is 0 Å². The summed E-state index contributed by atoms with van der Waals surface area (Å²) < 4.78 is 15.0. The number of carbonyl (C=O) groups is 1. The molecule has 27 heavy (non-hydrogen) atoms. The van der Waals surface area contributed by atoms with Crippen molar-refractivity contribution in [2.45, 2.75) is 25.3 Å². The third kappa shape index (κ3) is 4.23. The number of halogens is 1. The lowest BCUT2D eigenvalue weighted by atomic mass is 10.1. The highest BCUT2D eigenvalue weighted by atomic mass is 19.1. The number of urea groups is 1. The molecule has 2 unspecified atom stereocenters. The smallest absolute Gasteiger partial charge is 0.317 e. The average molecular weight is 371 g/mol. The minimum absolute atomic E-state index is 0.0205. The summed E-state index contributed by atoms with van der Waals surface area (Å²) in [6.07, 6.45) is 6.84. The third-order valence-corrected chi connectivity index (χ3v) is 5.60. The molecule has 2 amide bonds. The molecule has 144 valence electrons. The van der Waals surface area contributed by atoms with Gasteiger partial charge < -0.3 is 15.1 Å². The van der Waals surface area contributed by atoms with Crippen LogP contribution in [0, 0.1) is 11.7 Å². The summed E-state index contributed by atoms with van der Waals surface area (Å²) in [7, 11) is 0. The van der Waals surface area contributed by atoms with Crippen LogP contribution in [-0.4, -0.2) is 53.4 Å². The Morgan fingerprint density at radius 2 is 2.04 bits per heavy atom. The Morgan fingerprint density at radius 1 is 1.19 bits per heavy atom. The zero-order valence-corrected chi connectivity index (χ0v) is 15.4. The number of piperidine rings is 1. The quantitative estimate of drug-likeness (QED) is 0.899. The van der Waals surface area contributed by atoms with Gasteiger partial charge in [0.05, 0.1) is 6.04 Å². The molecular formula is C20H26FN5O. The number of rotatable bonds is 4. The maximum Gasteiger partial charge on any atom is 0.317 e. The number of carbonyl (C=O) groups excluding carboxylic acids is 1. The summed E-state index contributed by atoms with van der Waals surface area (Å²) in [4.78, 5) is 16.7. The third-order valence-electron chi connectivity index (χ3n) is 5.60. The van der Waals surface area contributed by atoms with E-state index in [0.29, 0.717) is 19.0 Å². The highest BCUT2D eigenvalue weighted by molar-refractivity contribution is 5.74. The van der Waals surface area contributed by atoms with E-state index in [1.54, 1.807) is 6.20 Å². The Bertz CT molecular complexity index is 748. The number of nitrogens with zero attached hydrogens (tertiary/aromatic N) is 4. The molecule has 6 nitrogen and oxygen atoms in total. The fourth-order valence-electron chi connectivity index (χ4n) is 4.08. The van der Waals surface area contributed by atoms with Gasteiger partial charge in [-0.05, 0) is 55.5 Å². The lowest BCUT2D eigenvalue weighted by Crippen LogP contribution is -2.47. The zero-order valence-electron chi connectivity index (χ0n) is 15.4. The monoisotopic (exact) mass is 371 g/mol. The predicted octanol–water partition coefficient (Wildman–Crippen LogP) is 2.90. The van der Waals surface area contributed by atoms with Gasteiger partial charge in [0, 0.05) is 50.8 Å². The Hall–Kier alpha value is -2.57. The van der Waals surface area contributed by atoms with E-state index in [1.165, 1.54) is 12.1 Å². The number of amides is 2. The maximum absolute atomic E-state index is 13.1. The second kappa shape index (κ2) is 7.98. The van der Waals surface area contributed by atoms with E-state index in [-0.39, 0.29) is 17.9 Å². The van der Waals surface area contributed by atoms with Gasteiger partial charge in [0.1, 0.15) is 5.82 Å². The number of benzene rings is 1. The van der Waals surface area contributed by atoms with Crippen molar-refractivity contribution in [3.05, 3.63) is 48.5 Å². The number of nitrogens with one attached hydrogen (secondary N) is 1. The topological polar surface area (TPSA) is 53.4 Å². The molecule has 0 spiro atoms. The van der Waals surface area contributed by atoms with E-state index in [9.17, 15) is 9.18 Å². The first-order chi connectivity index (χ1) is 13.2. The van der Waals surface area contributed by atoms with Gasteiger partial charge in [0.25, 0.3) is 0 Å². The Labute approximate surface area is 158 Å². The standard InChI is InChI=1S/C20H26FN5O/c21-17-4-6-18(7-5-17)24-12-8-16(14-24)13-22-20(27)25-10-1-3-19(15-25)26-11-2-9-23-26/h2,4-7,9,11,16,19H,1,3,8,10,12-15H2,(H,22,27). The highest BCUT2D eigenvalue weighted by Crippen LogP contribution is 2.24. The van der Waals surface area contributed by atoms with Gasteiger partial charge in [-0.1, -0.05) is 0 Å². The predicted molar refractivity (Wildman–Crippen MR) is 102 cm³/mol. The molecule has 7 heteroatoms. The minimum Gasteiger partial charge on any atom is -0.371 e. The number of anilines is 1. The number of aromatic nitrogens is 2. The van der Waals surface area contributed by atoms with Crippen LogP contribution in [-0.2, 0) is 0 Å². The van der Waals surface area contributed by atoms with Crippen LogP contribution >= 0.6 is 0 Å². The summed E-state index contributed by atoms with van der Waals surface area (Å²) in [5, 5.41) is 7.43. The van der Waals surface area contributed by atoms with Crippen LogP contribution in [0.5, 0.6) is 0 Å². The molecule has 3 heterocycles. The molecule has 2 aliphatic rings. The second-order valence-corrected chi connectivity index (χ2v) is 7.49. The van der Waals surface area contributed by atoms with Crippen molar-refractivity contribution in [2.75, 3.05) is 37.6 Å². The number of hydrogen-bond donors (Lipinski definition) is 1. The summed E-state index contributed by atoms with van der Waals surface area (Å²) >= 11 is 0. The molecule has 4 rings (SSSR count). The minimum atomic E-state index is -0.211. The zero-order chi connectivity index (χ0) is 18.6. The summed E-state index contributed by atoms with van der Waals surface area (Å²) in [6, 6.07) is 8.84. The van der Waals surface area contributed by atoms with E-state index in [1.807, 2.05) is 34.0 Å². The lowest BCUT2D eigenvalue weighted by Gasteiger charge is -2.33. The maximum atomic E-state index is 13.1. The van der Waals surface area contributed by atoms with E-state index in [4.69, 9.17) is 0 Å². The highest BCUT2D eigenvalue weighted by Gasteiger charge is 2.27. The van der Waals surface area contributed by atoms with Crippen LogP contribution in [0.4, 0.5) is 14.9 Å². The van der Waals surface area contributed by atoms with Gasteiger partial charge >= 0.3 is 6.03 Å². The van der Waals surface area contributed by atoms with Crippen LogP contribution in [0.15, 0.2) is 42.7 Å². The summed E-state index contributed by atoms with van der Waals surface area (Å²) in [6.45, 7) is 4.02. The first-order valence-electron chi connectivity index (χ1n) is 9.71. The molecule has 1 aromatic heterocycles. The van der Waals surface area contributed by atoms with Crippen molar-refractivity contribution < 1.29 is 9.18 Å². The van der Waals surface area contributed by atoms with Gasteiger partial charge in [-0.25, -0.2) is 9.18 Å². The van der Waals surface area contributed by atoms with Gasteiger partial charge in [0.15, 0.2) is 0 Å². The van der Waals surface area contributed by atoms with Gasteiger partial charge in [0.2, 0.25) is 0 Å². The average Bonchev–Trinajstić information content (AvgIpc) is 3.39.